The van der Waals surface area contributed by atoms with Crippen LogP contribution < -0.4 is 16.8 Å². The van der Waals surface area contributed by atoms with Crippen LogP contribution in [0.1, 0.15) is 0 Å². The second kappa shape index (κ2) is 6.72. The molecule has 3 heterocycles. The van der Waals surface area contributed by atoms with Crippen LogP contribution in [-0.4, -0.2) is 39.5 Å². The van der Waals surface area contributed by atoms with Crippen molar-refractivity contribution in [2.45, 2.75) is 6.54 Å². The Morgan fingerprint density at radius 2 is 1.72 bits per heavy atom. The summed E-state index contributed by atoms with van der Waals surface area (Å²) in [5, 5.41) is 3.24. The summed E-state index contributed by atoms with van der Waals surface area (Å²) in [5.41, 5.74) is 0.321. The topological polar surface area (TPSA) is 79.6 Å². The quantitative estimate of drug-likeness (QED) is 0.493. The van der Waals surface area contributed by atoms with E-state index in [0.717, 1.165) is 10.8 Å². The maximum absolute atomic E-state index is 13.3. The predicted octanol–water partition coefficient (Wildman–Crippen LogP) is 2.03. The van der Waals surface area contributed by atoms with Gasteiger partial charge in [0.15, 0.2) is 0 Å². The molecule has 0 aliphatic heterocycles. The summed E-state index contributed by atoms with van der Waals surface area (Å²) < 4.78 is 2.85. The molecule has 0 radical (unpaired) electrons. The zero-order chi connectivity index (χ0) is 19.6. The number of nitrogens with one attached hydrogen (secondary N) is 1. The summed E-state index contributed by atoms with van der Waals surface area (Å²) in [6.07, 6.45) is 1.61. The van der Waals surface area contributed by atoms with Crippen LogP contribution in [-0.2, 0) is 6.54 Å². The summed E-state index contributed by atoms with van der Waals surface area (Å²) in [7, 11) is 3.79. The monoisotopic (exact) mass is 410 g/mol. The Labute approximate surface area is 170 Å². The van der Waals surface area contributed by atoms with E-state index in [1.165, 1.54) is 4.57 Å². The number of halogens is 1. The highest BCUT2D eigenvalue weighted by molar-refractivity contribution is 6.23. The van der Waals surface area contributed by atoms with E-state index < -0.39 is 0 Å². The first-order valence-corrected chi connectivity index (χ1v) is 9.07. The molecular weight excluding hydrogens is 392 g/mol. The number of rotatable bonds is 3. The molecule has 0 bridgehead atoms. The third-order valence-corrected chi connectivity index (χ3v) is 5.36. The average molecular weight is 411 g/mol. The van der Waals surface area contributed by atoms with Gasteiger partial charge in [-0.25, -0.2) is 4.79 Å². The number of benzene rings is 2. The van der Waals surface area contributed by atoms with Gasteiger partial charge in [0, 0.05) is 30.1 Å². The number of aromatic nitrogens is 3. The van der Waals surface area contributed by atoms with Gasteiger partial charge in [0.1, 0.15) is 0 Å². The van der Waals surface area contributed by atoms with Gasteiger partial charge in [-0.1, -0.05) is 18.2 Å². The van der Waals surface area contributed by atoms with E-state index in [1.807, 2.05) is 43.3 Å². The third kappa shape index (κ3) is 2.58. The van der Waals surface area contributed by atoms with E-state index in [0.29, 0.717) is 40.3 Å². The SMILES string of the molecule is CN(C)CCn1c(=O)c2cccc3c4c5c(=O)[nH]ccc5ccc4n(c1=O)c23.Cl. The van der Waals surface area contributed by atoms with Gasteiger partial charge in [-0.15, -0.1) is 12.4 Å². The molecule has 8 heteroatoms. The second-order valence-electron chi connectivity index (χ2n) is 7.31. The predicted molar refractivity (Wildman–Crippen MR) is 118 cm³/mol. The normalized spacial score (nSPS) is 11.8. The van der Waals surface area contributed by atoms with Crippen LogP contribution in [0.4, 0.5) is 0 Å². The highest BCUT2D eigenvalue weighted by Gasteiger charge is 2.20. The maximum Gasteiger partial charge on any atom is 0.336 e. The first kappa shape index (κ1) is 19.2. The van der Waals surface area contributed by atoms with E-state index in [4.69, 9.17) is 0 Å². The molecule has 0 saturated carbocycles. The van der Waals surface area contributed by atoms with Crippen molar-refractivity contribution < 1.29 is 0 Å². The lowest BCUT2D eigenvalue weighted by Gasteiger charge is -2.12. The number of para-hydroxylation sites is 1. The van der Waals surface area contributed by atoms with E-state index in [9.17, 15) is 14.4 Å². The molecule has 2 aromatic carbocycles. The highest BCUT2D eigenvalue weighted by Crippen LogP contribution is 2.33. The molecule has 0 atom stereocenters. The van der Waals surface area contributed by atoms with E-state index >= 15 is 0 Å². The van der Waals surface area contributed by atoms with Crippen LogP contribution in [0.2, 0.25) is 0 Å². The minimum atomic E-state index is -0.378. The van der Waals surface area contributed by atoms with Gasteiger partial charge in [-0.3, -0.25) is 18.6 Å². The number of fused-ring (bicyclic) bond motifs is 5. The van der Waals surface area contributed by atoms with Crippen molar-refractivity contribution in [2.24, 2.45) is 0 Å². The fourth-order valence-electron chi connectivity index (χ4n) is 4.06. The summed E-state index contributed by atoms with van der Waals surface area (Å²) in [4.78, 5) is 43.6. The molecule has 5 aromatic rings. The van der Waals surface area contributed by atoms with Crippen molar-refractivity contribution in [3.8, 4) is 0 Å². The molecule has 0 aliphatic rings. The Hall–Kier alpha value is -3.16. The van der Waals surface area contributed by atoms with E-state index in [2.05, 4.69) is 4.98 Å². The van der Waals surface area contributed by atoms with Gasteiger partial charge in [0.05, 0.1) is 21.8 Å². The Kier molecular flexibility index (Phi) is 4.44. The highest BCUT2D eigenvalue weighted by atomic mass is 35.5. The number of nitrogens with zero attached hydrogens (tertiary/aromatic N) is 3. The molecule has 5 rings (SSSR count). The standard InChI is InChI=1S/C21H18N4O3.ClH/c1-23(2)10-11-24-20(27)14-5-3-4-13-17-15(25(18(13)14)21(24)28)7-6-12-8-9-22-19(26)16(12)17;/h3-9H,10-11H2,1-2H3,(H,22,26);1H. The molecule has 0 fully saturated rings. The molecule has 7 nitrogen and oxygen atoms in total. The lowest BCUT2D eigenvalue weighted by atomic mass is 10.0. The third-order valence-electron chi connectivity index (χ3n) is 5.36. The van der Waals surface area contributed by atoms with Crippen molar-refractivity contribution in [3.05, 3.63) is 73.8 Å². The summed E-state index contributed by atoms with van der Waals surface area (Å²) in [6, 6.07) is 10.9. The molecule has 1 N–H and O–H groups in total. The Morgan fingerprint density at radius 1 is 0.966 bits per heavy atom. The van der Waals surface area contributed by atoms with Crippen molar-refractivity contribution >= 4 is 50.4 Å². The minimum Gasteiger partial charge on any atom is -0.329 e. The van der Waals surface area contributed by atoms with Crippen molar-refractivity contribution in [3.63, 3.8) is 0 Å². The number of hydrogen-bond donors (Lipinski definition) is 1. The van der Waals surface area contributed by atoms with Crippen molar-refractivity contribution in [1.29, 1.82) is 0 Å². The molecule has 0 spiro atoms. The van der Waals surface area contributed by atoms with Gasteiger partial charge in [-0.05, 0) is 37.7 Å². The number of aromatic amines is 1. The number of H-pyrrole nitrogens is 1. The van der Waals surface area contributed by atoms with Gasteiger partial charge < -0.3 is 9.88 Å². The molecule has 0 amide bonds. The van der Waals surface area contributed by atoms with Gasteiger partial charge in [0.25, 0.3) is 11.1 Å². The smallest absolute Gasteiger partial charge is 0.329 e. The Bertz CT molecular complexity index is 1560. The number of pyridine rings is 1. The molecule has 0 aliphatic carbocycles. The summed E-state index contributed by atoms with van der Waals surface area (Å²) >= 11 is 0. The van der Waals surface area contributed by atoms with Crippen LogP contribution in [0.3, 0.4) is 0 Å². The Balaban J connectivity index is 0.00000205. The zero-order valence-corrected chi connectivity index (χ0v) is 16.7. The minimum absolute atomic E-state index is 0. The van der Waals surface area contributed by atoms with Crippen molar-refractivity contribution in [2.75, 3.05) is 20.6 Å². The van der Waals surface area contributed by atoms with E-state index in [-0.39, 0.29) is 29.2 Å². The van der Waals surface area contributed by atoms with Crippen LogP contribution in [0.15, 0.2) is 57.0 Å². The first-order valence-electron chi connectivity index (χ1n) is 9.07. The molecule has 0 saturated heterocycles. The molecule has 29 heavy (non-hydrogen) atoms. The molecule has 0 unspecified atom stereocenters. The van der Waals surface area contributed by atoms with Gasteiger partial charge >= 0.3 is 5.69 Å². The zero-order valence-electron chi connectivity index (χ0n) is 15.9. The first-order chi connectivity index (χ1) is 13.5. The molecular formula is C21H19ClN4O3. The van der Waals surface area contributed by atoms with Crippen LogP contribution in [0, 0.1) is 0 Å². The fraction of sp³-hybridized carbons (Fsp3) is 0.190. The molecule has 3 aromatic heterocycles. The number of likely N-dealkylation sites (N-methyl/N-ethyl adjacent to an activating group) is 1. The second-order valence-corrected chi connectivity index (χ2v) is 7.31. The van der Waals surface area contributed by atoms with Gasteiger partial charge in [0.2, 0.25) is 0 Å². The largest absolute Gasteiger partial charge is 0.336 e. The van der Waals surface area contributed by atoms with Crippen LogP contribution in [0.25, 0.3) is 38.0 Å². The lowest BCUT2D eigenvalue weighted by Crippen LogP contribution is -2.39. The fourth-order valence-corrected chi connectivity index (χ4v) is 4.06. The Morgan fingerprint density at radius 3 is 2.48 bits per heavy atom. The van der Waals surface area contributed by atoms with Gasteiger partial charge in [-0.2, -0.15) is 0 Å². The number of hydrogen-bond acceptors (Lipinski definition) is 4. The lowest BCUT2D eigenvalue weighted by molar-refractivity contribution is 0.376. The summed E-state index contributed by atoms with van der Waals surface area (Å²) in [5.74, 6) is 0. The summed E-state index contributed by atoms with van der Waals surface area (Å²) in [6.45, 7) is 0.874. The van der Waals surface area contributed by atoms with E-state index in [1.54, 1.807) is 22.7 Å². The average Bonchev–Trinajstić information content (AvgIpc) is 3.01. The van der Waals surface area contributed by atoms with Crippen LogP contribution >= 0.6 is 12.4 Å². The molecule has 148 valence electrons. The van der Waals surface area contributed by atoms with Crippen molar-refractivity contribution in [1.82, 2.24) is 18.9 Å². The maximum atomic E-state index is 13.3. The van der Waals surface area contributed by atoms with Crippen LogP contribution in [0.5, 0.6) is 0 Å².